The van der Waals surface area contributed by atoms with E-state index in [1.165, 1.54) is 33.4 Å². The van der Waals surface area contributed by atoms with Gasteiger partial charge in [0.15, 0.2) is 0 Å². The molecule has 23 heavy (non-hydrogen) atoms. The van der Waals surface area contributed by atoms with Crippen molar-refractivity contribution in [1.29, 1.82) is 0 Å². The van der Waals surface area contributed by atoms with Crippen molar-refractivity contribution in [3.05, 3.63) is 45.6 Å². The number of hydrogen-bond acceptors (Lipinski definition) is 0. The molecule has 0 aromatic rings. The van der Waals surface area contributed by atoms with Crippen LogP contribution in [0.15, 0.2) is 33.4 Å². The monoisotopic (exact) mass is 390 g/mol. The van der Waals surface area contributed by atoms with Gasteiger partial charge >= 0.3 is 26.2 Å². The maximum Gasteiger partial charge on any atom is 4.00 e. The van der Waals surface area contributed by atoms with Crippen molar-refractivity contribution in [2.45, 2.75) is 82.1 Å². The summed E-state index contributed by atoms with van der Waals surface area (Å²) in [5, 5.41) is 0. The Morgan fingerprint density at radius 3 is 1.04 bits per heavy atom. The molecule has 128 valence electrons. The molecule has 0 aromatic carbocycles. The fourth-order valence-corrected chi connectivity index (χ4v) is 3.30. The molecule has 2 aliphatic rings. The Kier molecular flexibility index (Phi) is 8.23. The van der Waals surface area contributed by atoms with E-state index in [1.807, 2.05) is 0 Å². The average molecular weight is 392 g/mol. The van der Waals surface area contributed by atoms with Crippen molar-refractivity contribution < 1.29 is 29.1 Å². The quantitative estimate of drug-likeness (QED) is 0.436. The van der Waals surface area contributed by atoms with E-state index in [9.17, 15) is 0 Å². The van der Waals surface area contributed by atoms with Gasteiger partial charge in [-0.2, -0.15) is 22.3 Å². The summed E-state index contributed by atoms with van der Waals surface area (Å²) in [5.41, 5.74) is 9.01. The maximum absolute atomic E-state index is 3.52. The zero-order valence-corrected chi connectivity index (χ0v) is 19.4. The van der Waals surface area contributed by atoms with Crippen LogP contribution in [-0.2, 0) is 26.2 Å². The summed E-state index contributed by atoms with van der Waals surface area (Å²) in [5.74, 6) is 0. The first-order chi connectivity index (χ1) is 10.0. The van der Waals surface area contributed by atoms with Crippen molar-refractivity contribution in [3.8, 4) is 0 Å². The van der Waals surface area contributed by atoms with Crippen LogP contribution in [0.5, 0.6) is 0 Å². The number of rotatable bonds is 2. The Morgan fingerprint density at radius 1 is 0.696 bits per heavy atom. The molecule has 0 amide bonds. The molecule has 1 heteroatoms. The number of hydrogen-bond donors (Lipinski definition) is 0. The topological polar surface area (TPSA) is 0 Å². The van der Waals surface area contributed by atoms with Crippen molar-refractivity contribution in [2.75, 3.05) is 0 Å². The van der Waals surface area contributed by atoms with E-state index >= 15 is 0 Å². The minimum atomic E-state index is 0. The normalized spacial score (nSPS) is 29.8. The van der Waals surface area contributed by atoms with Crippen LogP contribution in [0.2, 0.25) is 0 Å². The van der Waals surface area contributed by atoms with E-state index in [1.54, 1.807) is 0 Å². The summed E-state index contributed by atoms with van der Waals surface area (Å²) < 4.78 is 0. The fourth-order valence-electron chi connectivity index (χ4n) is 3.30. The van der Waals surface area contributed by atoms with Crippen LogP contribution in [0.4, 0.5) is 0 Å². The molecule has 2 aliphatic carbocycles. The Balaban J connectivity index is -0.000000346. The summed E-state index contributed by atoms with van der Waals surface area (Å²) in [4.78, 5) is 0. The molecule has 0 heterocycles. The van der Waals surface area contributed by atoms with Crippen molar-refractivity contribution in [3.63, 3.8) is 0 Å². The minimum Gasteiger partial charge on any atom is -1.00 e. The average Bonchev–Trinajstić information content (AvgIpc) is 2.81. The molecular weight excluding hydrogens is 355 g/mol. The second-order valence-corrected chi connectivity index (χ2v) is 7.37. The third-order valence-corrected chi connectivity index (χ3v) is 6.25. The largest absolute Gasteiger partial charge is 4.00 e. The molecule has 0 nitrogen and oxygen atoms in total. The van der Waals surface area contributed by atoms with Crippen LogP contribution in [0.3, 0.4) is 0 Å². The van der Waals surface area contributed by atoms with Crippen LogP contribution in [0, 0.1) is 23.0 Å². The summed E-state index contributed by atoms with van der Waals surface area (Å²) in [6.45, 7) is 22.1. The molecule has 0 N–H and O–H groups in total. The van der Waals surface area contributed by atoms with Crippen molar-refractivity contribution >= 4 is 0 Å². The maximum atomic E-state index is 3.52. The van der Waals surface area contributed by atoms with E-state index < -0.39 is 0 Å². The molecular formula is C22H36Zr. The first-order valence-electron chi connectivity index (χ1n) is 8.62. The molecule has 0 saturated heterocycles. The zero-order valence-electron chi connectivity index (χ0n) is 18.9. The molecule has 2 unspecified atom stereocenters. The van der Waals surface area contributed by atoms with Gasteiger partial charge in [-0.25, -0.2) is 11.1 Å². The SMILES string of the molecule is CCC1(C)[C-]=C(C)C(C)=C1C.CCC1(C)[C-]=C(C)C(C)=C1C.[H-].[H-].[Zr+4]. The number of allylic oxidation sites excluding steroid dienone is 8. The first kappa shape index (κ1) is 22.8. The Morgan fingerprint density at radius 2 is 0.957 bits per heavy atom. The predicted octanol–water partition coefficient (Wildman–Crippen LogP) is 7.23. The third kappa shape index (κ3) is 4.47. The van der Waals surface area contributed by atoms with E-state index in [2.05, 4.69) is 81.4 Å². The Bertz CT molecular complexity index is 529. The van der Waals surface area contributed by atoms with Crippen molar-refractivity contribution in [2.24, 2.45) is 10.8 Å². The molecule has 0 radical (unpaired) electrons. The molecule has 0 bridgehead atoms. The smallest absolute Gasteiger partial charge is 1.00 e. The van der Waals surface area contributed by atoms with E-state index in [0.717, 1.165) is 12.8 Å². The minimum absolute atomic E-state index is 0. The predicted molar refractivity (Wildman–Crippen MR) is 101 cm³/mol. The van der Waals surface area contributed by atoms with E-state index in [0.29, 0.717) is 0 Å². The molecule has 0 spiro atoms. The second-order valence-electron chi connectivity index (χ2n) is 7.37. The van der Waals surface area contributed by atoms with Crippen LogP contribution < -0.4 is 0 Å². The summed E-state index contributed by atoms with van der Waals surface area (Å²) in [7, 11) is 0. The van der Waals surface area contributed by atoms with Gasteiger partial charge in [-0.3, -0.25) is 12.2 Å². The molecule has 0 fully saturated rings. The van der Waals surface area contributed by atoms with Crippen LogP contribution >= 0.6 is 0 Å². The van der Waals surface area contributed by atoms with Gasteiger partial charge in [-0.15, -0.1) is 13.8 Å². The first-order valence-corrected chi connectivity index (χ1v) is 8.62. The van der Waals surface area contributed by atoms with Gasteiger partial charge in [0, 0.05) is 0 Å². The summed E-state index contributed by atoms with van der Waals surface area (Å²) in [6.07, 6.45) is 9.36. The Hall–Kier alpha value is -0.157. The molecule has 2 rings (SSSR count). The van der Waals surface area contributed by atoms with Gasteiger partial charge < -0.3 is 2.85 Å². The van der Waals surface area contributed by atoms with E-state index in [4.69, 9.17) is 0 Å². The van der Waals surface area contributed by atoms with Gasteiger partial charge in [-0.1, -0.05) is 79.1 Å². The summed E-state index contributed by atoms with van der Waals surface area (Å²) in [6, 6.07) is 0. The van der Waals surface area contributed by atoms with Gasteiger partial charge in [0.2, 0.25) is 0 Å². The Labute approximate surface area is 167 Å². The van der Waals surface area contributed by atoms with Gasteiger partial charge in [-0.05, 0) is 0 Å². The van der Waals surface area contributed by atoms with Crippen LogP contribution in [-0.4, -0.2) is 0 Å². The second kappa shape index (κ2) is 8.29. The molecule has 0 aliphatic heterocycles. The standard InChI is InChI=1S/2C11H17.Zr.2H/c2*1-6-11(5)7-8(2)9(3)10(11)4;;;/h2*6H2,1-5H3;;;/q2*-1;+4;2*-1. The van der Waals surface area contributed by atoms with Crippen LogP contribution in [0.25, 0.3) is 0 Å². The van der Waals surface area contributed by atoms with Gasteiger partial charge in [0.25, 0.3) is 0 Å². The molecule has 0 aromatic heterocycles. The fraction of sp³-hybridized carbons (Fsp3) is 0.636. The summed E-state index contributed by atoms with van der Waals surface area (Å²) >= 11 is 0. The third-order valence-electron chi connectivity index (χ3n) is 6.25. The van der Waals surface area contributed by atoms with E-state index in [-0.39, 0.29) is 39.9 Å². The van der Waals surface area contributed by atoms with Crippen molar-refractivity contribution in [1.82, 2.24) is 0 Å². The zero-order chi connectivity index (χ0) is 17.3. The van der Waals surface area contributed by atoms with Gasteiger partial charge in [0.05, 0.1) is 0 Å². The van der Waals surface area contributed by atoms with Crippen LogP contribution in [0.1, 0.15) is 84.9 Å². The van der Waals surface area contributed by atoms with Gasteiger partial charge in [0.1, 0.15) is 0 Å². The molecule has 0 saturated carbocycles. The molecule has 2 atom stereocenters.